The van der Waals surface area contributed by atoms with Crippen LogP contribution in [-0.2, 0) is 0 Å². The molecule has 7 nitrogen and oxygen atoms in total. The van der Waals surface area contributed by atoms with Crippen molar-refractivity contribution in [3.63, 3.8) is 0 Å². The van der Waals surface area contributed by atoms with Crippen molar-refractivity contribution < 1.29 is 4.79 Å². The number of benzene rings is 1. The lowest BCUT2D eigenvalue weighted by Gasteiger charge is -2.27. The summed E-state index contributed by atoms with van der Waals surface area (Å²) in [7, 11) is 0. The van der Waals surface area contributed by atoms with Crippen LogP contribution < -0.4 is 22.1 Å². The lowest BCUT2D eigenvalue weighted by atomic mass is 9.92. The second-order valence-electron chi connectivity index (χ2n) is 6.57. The van der Waals surface area contributed by atoms with Gasteiger partial charge < -0.3 is 22.1 Å². The summed E-state index contributed by atoms with van der Waals surface area (Å²) in [5.74, 6) is 0.348. The van der Waals surface area contributed by atoms with Crippen molar-refractivity contribution >= 4 is 23.4 Å². The van der Waals surface area contributed by atoms with Gasteiger partial charge in [0.25, 0.3) is 5.91 Å². The topological polar surface area (TPSA) is 119 Å². The smallest absolute Gasteiger partial charge is 0.254 e. The van der Waals surface area contributed by atoms with Gasteiger partial charge in [0, 0.05) is 24.0 Å². The number of amides is 1. The molecule has 1 aliphatic carbocycles. The van der Waals surface area contributed by atoms with E-state index in [0.717, 1.165) is 36.9 Å². The van der Waals surface area contributed by atoms with E-state index in [0.29, 0.717) is 17.3 Å². The summed E-state index contributed by atoms with van der Waals surface area (Å²) >= 11 is 0. The molecule has 1 heterocycles. The fourth-order valence-corrected chi connectivity index (χ4v) is 3.04. The maximum Gasteiger partial charge on any atom is 0.254 e. The van der Waals surface area contributed by atoms with Crippen LogP contribution in [0.25, 0.3) is 0 Å². The molecule has 1 amide bonds. The highest BCUT2D eigenvalue weighted by Gasteiger charge is 2.21. The highest BCUT2D eigenvalue weighted by molar-refractivity contribution is 5.97. The minimum atomic E-state index is -0.544. The van der Waals surface area contributed by atoms with E-state index in [2.05, 4.69) is 20.6 Å². The minimum absolute atomic E-state index is 0.236. The van der Waals surface area contributed by atoms with Crippen molar-refractivity contribution in [1.29, 1.82) is 0 Å². The number of primary amides is 1. The largest absolute Gasteiger partial charge is 0.367 e. The maximum absolute atomic E-state index is 11.7. The van der Waals surface area contributed by atoms with Gasteiger partial charge in [-0.2, -0.15) is 4.98 Å². The highest BCUT2D eigenvalue weighted by Crippen LogP contribution is 2.23. The Bertz CT molecular complexity index is 755. The van der Waals surface area contributed by atoms with E-state index in [-0.39, 0.29) is 12.1 Å². The van der Waals surface area contributed by atoms with E-state index < -0.39 is 5.91 Å². The number of nitrogens with two attached hydrogens (primary N) is 2. The van der Waals surface area contributed by atoms with Crippen molar-refractivity contribution in [3.05, 3.63) is 41.6 Å². The summed E-state index contributed by atoms with van der Waals surface area (Å²) in [6.07, 6.45) is 5.28. The predicted molar refractivity (Wildman–Crippen MR) is 98.9 cm³/mol. The Kier molecular flexibility index (Phi) is 5.14. The van der Waals surface area contributed by atoms with Crippen molar-refractivity contribution in [1.82, 2.24) is 9.97 Å². The number of carbonyl (C=O) groups is 1. The first kappa shape index (κ1) is 17.2. The van der Waals surface area contributed by atoms with Gasteiger partial charge in [-0.25, -0.2) is 4.98 Å². The normalized spacial score (nSPS) is 20.1. The fourth-order valence-electron chi connectivity index (χ4n) is 3.04. The molecule has 2 aromatic rings. The van der Waals surface area contributed by atoms with E-state index in [4.69, 9.17) is 11.5 Å². The second kappa shape index (κ2) is 7.48. The first-order valence-electron chi connectivity index (χ1n) is 8.54. The zero-order valence-electron chi connectivity index (χ0n) is 14.3. The van der Waals surface area contributed by atoms with Crippen molar-refractivity contribution in [2.75, 3.05) is 10.6 Å². The molecule has 0 unspecified atom stereocenters. The van der Waals surface area contributed by atoms with Gasteiger partial charge in [-0.1, -0.05) is 12.1 Å². The molecule has 0 spiro atoms. The number of nitrogens with zero attached hydrogens (tertiary/aromatic N) is 2. The molecule has 0 atom stereocenters. The summed E-state index contributed by atoms with van der Waals surface area (Å²) in [6.45, 7) is 2.02. The van der Waals surface area contributed by atoms with Crippen LogP contribution in [0.15, 0.2) is 30.5 Å². The molecule has 0 radical (unpaired) electrons. The maximum atomic E-state index is 11.7. The van der Waals surface area contributed by atoms with Gasteiger partial charge in [-0.3, -0.25) is 4.79 Å². The lowest BCUT2D eigenvalue weighted by Crippen LogP contribution is -2.33. The molecular formula is C18H24N6O. The van der Waals surface area contributed by atoms with Crippen LogP contribution in [0.3, 0.4) is 0 Å². The molecule has 7 heteroatoms. The highest BCUT2D eigenvalue weighted by atomic mass is 16.1. The summed E-state index contributed by atoms with van der Waals surface area (Å²) in [5, 5.41) is 6.50. The summed E-state index contributed by atoms with van der Waals surface area (Å²) in [4.78, 5) is 20.4. The Hall–Kier alpha value is -2.67. The summed E-state index contributed by atoms with van der Waals surface area (Å²) < 4.78 is 0. The molecule has 1 aromatic heterocycles. The van der Waals surface area contributed by atoms with Crippen LogP contribution in [0, 0.1) is 6.92 Å². The average Bonchev–Trinajstić information content (AvgIpc) is 2.57. The van der Waals surface area contributed by atoms with Gasteiger partial charge in [0.15, 0.2) is 0 Å². The summed E-state index contributed by atoms with van der Waals surface area (Å²) in [5.41, 5.74) is 13.7. The Balaban J connectivity index is 1.80. The fraction of sp³-hybridized carbons (Fsp3) is 0.389. The van der Waals surface area contributed by atoms with Crippen LogP contribution in [0.1, 0.15) is 41.6 Å². The van der Waals surface area contributed by atoms with Gasteiger partial charge in [0.1, 0.15) is 5.82 Å². The summed E-state index contributed by atoms with van der Waals surface area (Å²) in [6, 6.07) is 8.41. The molecule has 0 bridgehead atoms. The number of rotatable bonds is 5. The molecule has 25 heavy (non-hydrogen) atoms. The van der Waals surface area contributed by atoms with Gasteiger partial charge in [0.2, 0.25) is 5.95 Å². The van der Waals surface area contributed by atoms with Crippen molar-refractivity contribution in [2.45, 2.75) is 44.7 Å². The third-order valence-electron chi connectivity index (χ3n) is 4.44. The molecule has 1 aromatic carbocycles. The van der Waals surface area contributed by atoms with E-state index in [1.807, 2.05) is 31.2 Å². The number of hydrogen-bond acceptors (Lipinski definition) is 6. The Morgan fingerprint density at radius 2 is 2.00 bits per heavy atom. The van der Waals surface area contributed by atoms with Crippen molar-refractivity contribution in [2.24, 2.45) is 11.5 Å². The van der Waals surface area contributed by atoms with Crippen LogP contribution in [0.4, 0.5) is 17.5 Å². The molecule has 132 valence electrons. The standard InChI is InChI=1S/C18H24N6O/c1-11-3-2-4-14(9-11)23-18-21-10-15(16(20)25)17(24-18)22-13-7-5-12(19)6-8-13/h2-4,9-10,12-13H,5-8,19H2,1H3,(H2,20,25)(H2,21,22,23,24)/t12-,13-. The molecule has 0 saturated heterocycles. The molecule has 6 N–H and O–H groups in total. The third-order valence-corrected chi connectivity index (χ3v) is 4.44. The van der Waals surface area contributed by atoms with Gasteiger partial charge in [0.05, 0.1) is 5.56 Å². The first-order chi connectivity index (χ1) is 12.0. The Morgan fingerprint density at radius 1 is 1.24 bits per heavy atom. The van der Waals surface area contributed by atoms with Crippen LogP contribution in [0.5, 0.6) is 0 Å². The molecule has 0 aliphatic heterocycles. The van der Waals surface area contributed by atoms with E-state index in [1.54, 1.807) is 0 Å². The Labute approximate surface area is 147 Å². The molecule has 1 saturated carbocycles. The second-order valence-corrected chi connectivity index (χ2v) is 6.57. The number of aromatic nitrogens is 2. The monoisotopic (exact) mass is 340 g/mol. The minimum Gasteiger partial charge on any atom is -0.367 e. The average molecular weight is 340 g/mol. The zero-order chi connectivity index (χ0) is 17.8. The number of carbonyl (C=O) groups excluding carboxylic acids is 1. The predicted octanol–water partition coefficient (Wildman–Crippen LogP) is 2.31. The third kappa shape index (κ3) is 4.45. The Morgan fingerprint density at radius 3 is 2.68 bits per heavy atom. The zero-order valence-corrected chi connectivity index (χ0v) is 14.3. The first-order valence-corrected chi connectivity index (χ1v) is 8.54. The number of aryl methyl sites for hydroxylation is 1. The van der Waals surface area contributed by atoms with Gasteiger partial charge in [-0.15, -0.1) is 0 Å². The molecule has 3 rings (SSSR count). The van der Waals surface area contributed by atoms with Crippen LogP contribution in [0.2, 0.25) is 0 Å². The molecular weight excluding hydrogens is 316 g/mol. The number of nitrogens with one attached hydrogen (secondary N) is 2. The SMILES string of the molecule is Cc1cccc(Nc2ncc(C(N)=O)c(N[C@H]3CC[C@H](N)CC3)n2)c1. The van der Waals surface area contributed by atoms with Crippen LogP contribution in [-0.4, -0.2) is 28.0 Å². The lowest BCUT2D eigenvalue weighted by molar-refractivity contribution is 0.100. The number of anilines is 3. The van der Waals surface area contributed by atoms with Crippen LogP contribution >= 0.6 is 0 Å². The molecule has 1 aliphatic rings. The van der Waals surface area contributed by atoms with Gasteiger partial charge in [-0.05, 0) is 50.3 Å². The van der Waals surface area contributed by atoms with E-state index in [1.165, 1.54) is 6.20 Å². The van der Waals surface area contributed by atoms with Gasteiger partial charge >= 0.3 is 0 Å². The molecule has 1 fully saturated rings. The quantitative estimate of drug-likeness (QED) is 0.663. The van der Waals surface area contributed by atoms with E-state index in [9.17, 15) is 4.79 Å². The number of hydrogen-bond donors (Lipinski definition) is 4. The van der Waals surface area contributed by atoms with Crippen molar-refractivity contribution in [3.8, 4) is 0 Å². The van der Waals surface area contributed by atoms with E-state index >= 15 is 0 Å².